The quantitative estimate of drug-likeness (QED) is 0.492. The van der Waals surface area contributed by atoms with Crippen LogP contribution in [0.15, 0.2) is 36.7 Å². The molecule has 7 nitrogen and oxygen atoms in total. The number of rotatable bonds is 4. The van der Waals surface area contributed by atoms with Gasteiger partial charge in [-0.15, -0.1) is 0 Å². The van der Waals surface area contributed by atoms with Crippen LogP contribution in [0.3, 0.4) is 0 Å². The third-order valence-corrected chi connectivity index (χ3v) is 3.16. The first-order chi connectivity index (χ1) is 9.47. The van der Waals surface area contributed by atoms with Gasteiger partial charge in [-0.2, -0.15) is 0 Å². The second-order valence-electron chi connectivity index (χ2n) is 3.69. The van der Waals surface area contributed by atoms with Crippen LogP contribution >= 0.6 is 22.6 Å². The van der Waals surface area contributed by atoms with E-state index in [1.54, 1.807) is 0 Å². The van der Waals surface area contributed by atoms with Crippen LogP contribution in [0, 0.1) is 13.7 Å². The Balaban J connectivity index is 2.28. The Hall–Kier alpha value is -2.23. The number of ether oxygens (including phenoxy) is 1. The first kappa shape index (κ1) is 14.2. The summed E-state index contributed by atoms with van der Waals surface area (Å²) in [6.07, 6.45) is 2.57. The third-order valence-electron chi connectivity index (χ3n) is 2.31. The Morgan fingerprint density at radius 3 is 2.70 bits per heavy atom. The first-order valence-electron chi connectivity index (χ1n) is 5.27. The van der Waals surface area contributed by atoms with E-state index in [1.807, 2.05) is 22.6 Å². The van der Waals surface area contributed by atoms with Crippen molar-refractivity contribution in [2.75, 3.05) is 0 Å². The highest BCUT2D eigenvalue weighted by Crippen LogP contribution is 2.29. The number of pyridine rings is 1. The maximum Gasteiger partial charge on any atom is 0.337 e. The molecule has 20 heavy (non-hydrogen) atoms. The van der Waals surface area contributed by atoms with E-state index in [2.05, 4.69) is 4.98 Å². The van der Waals surface area contributed by atoms with Crippen molar-refractivity contribution in [3.05, 3.63) is 55.9 Å². The molecule has 0 aliphatic carbocycles. The molecule has 0 bridgehead atoms. The summed E-state index contributed by atoms with van der Waals surface area (Å²) in [4.78, 5) is 24.7. The number of halogens is 1. The van der Waals surface area contributed by atoms with E-state index in [0.717, 1.165) is 0 Å². The van der Waals surface area contributed by atoms with Crippen molar-refractivity contribution in [2.24, 2.45) is 0 Å². The average molecular weight is 386 g/mol. The Labute approximate surface area is 126 Å². The number of nitrogens with zero attached hydrogens (tertiary/aromatic N) is 2. The van der Waals surface area contributed by atoms with Gasteiger partial charge < -0.3 is 9.84 Å². The van der Waals surface area contributed by atoms with Crippen molar-refractivity contribution < 1.29 is 19.6 Å². The molecule has 0 unspecified atom stereocenters. The van der Waals surface area contributed by atoms with E-state index in [4.69, 9.17) is 9.84 Å². The lowest BCUT2D eigenvalue weighted by atomic mass is 10.3. The molecule has 0 atom stereocenters. The topological polar surface area (TPSA) is 103 Å². The minimum atomic E-state index is -1.11. The van der Waals surface area contributed by atoms with Crippen molar-refractivity contribution in [3.8, 4) is 11.5 Å². The number of carboxylic acids is 1. The summed E-state index contributed by atoms with van der Waals surface area (Å²) < 4.78 is 6.02. The molecule has 1 N–H and O–H groups in total. The Bertz CT molecular complexity index is 689. The Morgan fingerprint density at radius 1 is 1.35 bits per heavy atom. The minimum absolute atomic E-state index is 0.000537. The number of non-ortho nitro benzene ring substituents is 1. The zero-order valence-electron chi connectivity index (χ0n) is 9.82. The van der Waals surface area contributed by atoms with E-state index in [1.165, 1.54) is 36.7 Å². The number of nitro benzene ring substituents is 1. The van der Waals surface area contributed by atoms with E-state index < -0.39 is 10.9 Å². The Kier molecular flexibility index (Phi) is 4.13. The number of carbonyl (C=O) groups is 1. The predicted octanol–water partition coefficient (Wildman–Crippen LogP) is 3.08. The zero-order chi connectivity index (χ0) is 14.7. The monoisotopic (exact) mass is 386 g/mol. The number of benzene rings is 1. The third kappa shape index (κ3) is 3.20. The number of aromatic nitrogens is 1. The van der Waals surface area contributed by atoms with Crippen LogP contribution in [0.1, 0.15) is 10.4 Å². The van der Waals surface area contributed by atoms with E-state index in [0.29, 0.717) is 9.32 Å². The molecular formula is C12H7IN2O5. The van der Waals surface area contributed by atoms with Gasteiger partial charge >= 0.3 is 5.97 Å². The van der Waals surface area contributed by atoms with Crippen LogP contribution in [0.2, 0.25) is 0 Å². The van der Waals surface area contributed by atoms with Crippen molar-refractivity contribution in [3.63, 3.8) is 0 Å². The average Bonchev–Trinajstić information content (AvgIpc) is 2.41. The van der Waals surface area contributed by atoms with Gasteiger partial charge in [0.1, 0.15) is 11.5 Å². The lowest BCUT2D eigenvalue weighted by molar-refractivity contribution is -0.385. The van der Waals surface area contributed by atoms with Gasteiger partial charge in [-0.05, 0) is 34.7 Å². The SMILES string of the molecule is O=C(O)c1cncc(Oc2ccc([N+](=O)[O-])cc2I)c1. The summed E-state index contributed by atoms with van der Waals surface area (Å²) in [6, 6.07) is 5.45. The van der Waals surface area contributed by atoms with Gasteiger partial charge in [-0.1, -0.05) is 0 Å². The number of hydrogen-bond acceptors (Lipinski definition) is 5. The zero-order valence-corrected chi connectivity index (χ0v) is 12.0. The van der Waals surface area contributed by atoms with Crippen LogP contribution in [0.4, 0.5) is 5.69 Å². The highest BCUT2D eigenvalue weighted by molar-refractivity contribution is 14.1. The summed E-state index contributed by atoms with van der Waals surface area (Å²) in [6.45, 7) is 0. The molecule has 8 heteroatoms. The molecule has 2 rings (SSSR count). The highest BCUT2D eigenvalue weighted by atomic mass is 127. The number of aromatic carboxylic acids is 1. The van der Waals surface area contributed by atoms with E-state index in [-0.39, 0.29) is 17.0 Å². The predicted molar refractivity (Wildman–Crippen MR) is 77.1 cm³/mol. The molecule has 0 aliphatic heterocycles. The minimum Gasteiger partial charge on any atom is -0.478 e. The van der Waals surface area contributed by atoms with Gasteiger partial charge in [0.2, 0.25) is 0 Å². The van der Waals surface area contributed by atoms with Crippen LogP contribution in [-0.4, -0.2) is 21.0 Å². The lowest BCUT2D eigenvalue weighted by Crippen LogP contribution is -1.98. The Morgan fingerprint density at radius 2 is 2.10 bits per heavy atom. The second-order valence-corrected chi connectivity index (χ2v) is 4.85. The maximum absolute atomic E-state index is 10.8. The summed E-state index contributed by atoms with van der Waals surface area (Å²) in [5.41, 5.74) is -0.0430. The number of carboxylic acid groups (broad SMARTS) is 1. The van der Waals surface area contributed by atoms with E-state index >= 15 is 0 Å². The van der Waals surface area contributed by atoms with Crippen molar-refractivity contribution >= 4 is 34.2 Å². The molecule has 1 aromatic heterocycles. The number of hydrogen-bond donors (Lipinski definition) is 1. The fraction of sp³-hybridized carbons (Fsp3) is 0. The van der Waals surface area contributed by atoms with Gasteiger partial charge in [0.25, 0.3) is 5.69 Å². The molecule has 1 heterocycles. The summed E-state index contributed by atoms with van der Waals surface area (Å²) in [5, 5.41) is 19.5. The molecule has 1 aromatic carbocycles. The summed E-state index contributed by atoms with van der Waals surface area (Å²) in [5.74, 6) is -0.474. The van der Waals surface area contributed by atoms with Crippen molar-refractivity contribution in [1.82, 2.24) is 4.98 Å². The van der Waals surface area contributed by atoms with E-state index in [9.17, 15) is 14.9 Å². The normalized spacial score (nSPS) is 10.1. The molecule has 102 valence electrons. The molecule has 2 aromatic rings. The molecule has 0 saturated carbocycles. The molecule has 0 amide bonds. The molecule has 0 fully saturated rings. The molecule has 0 saturated heterocycles. The molecular weight excluding hydrogens is 379 g/mol. The molecule has 0 aliphatic rings. The largest absolute Gasteiger partial charge is 0.478 e. The van der Waals surface area contributed by atoms with Crippen LogP contribution < -0.4 is 4.74 Å². The first-order valence-corrected chi connectivity index (χ1v) is 6.35. The molecule has 0 spiro atoms. The van der Waals surface area contributed by atoms with Gasteiger partial charge in [-0.25, -0.2) is 4.79 Å². The van der Waals surface area contributed by atoms with Crippen LogP contribution in [0.25, 0.3) is 0 Å². The van der Waals surface area contributed by atoms with Crippen molar-refractivity contribution in [2.45, 2.75) is 0 Å². The fourth-order valence-corrected chi connectivity index (χ4v) is 2.01. The lowest BCUT2D eigenvalue weighted by Gasteiger charge is -2.07. The van der Waals surface area contributed by atoms with Gasteiger partial charge in [0, 0.05) is 18.3 Å². The standard InChI is InChI=1S/C12H7IN2O5/c13-10-4-8(15(18)19)1-2-11(10)20-9-3-7(12(16)17)5-14-6-9/h1-6H,(H,16,17). The van der Waals surface area contributed by atoms with Gasteiger partial charge in [0.15, 0.2) is 0 Å². The van der Waals surface area contributed by atoms with Crippen LogP contribution in [0.5, 0.6) is 11.5 Å². The highest BCUT2D eigenvalue weighted by Gasteiger charge is 2.11. The number of nitro groups is 1. The summed E-state index contributed by atoms with van der Waals surface area (Å²) in [7, 11) is 0. The van der Waals surface area contributed by atoms with Crippen LogP contribution in [-0.2, 0) is 0 Å². The fourth-order valence-electron chi connectivity index (χ4n) is 1.40. The second kappa shape index (κ2) is 5.82. The van der Waals surface area contributed by atoms with Gasteiger partial charge in [-0.3, -0.25) is 15.1 Å². The maximum atomic E-state index is 10.8. The smallest absolute Gasteiger partial charge is 0.337 e. The van der Waals surface area contributed by atoms with Gasteiger partial charge in [0.05, 0.1) is 20.3 Å². The van der Waals surface area contributed by atoms with Crippen molar-refractivity contribution in [1.29, 1.82) is 0 Å². The molecule has 0 radical (unpaired) electrons. The summed E-state index contributed by atoms with van der Waals surface area (Å²) >= 11 is 1.90.